The van der Waals surface area contributed by atoms with Crippen LogP contribution < -0.4 is 9.64 Å². The standard InChI is InChI=1S/C21H18BrN3O/c1-26-21-12-19(24-23-18-8-6-17(22)7-9-18)10-11-20(21)25-13-15-4-2-3-5-16(15)14-25/h2-12H,13-14H2,1H3. The van der Waals surface area contributed by atoms with E-state index >= 15 is 0 Å². The second-order valence-corrected chi connectivity index (χ2v) is 7.07. The lowest BCUT2D eigenvalue weighted by Gasteiger charge is -2.20. The molecular weight excluding hydrogens is 390 g/mol. The van der Waals surface area contributed by atoms with Crippen molar-refractivity contribution in [3.63, 3.8) is 0 Å². The first kappa shape index (κ1) is 16.8. The maximum Gasteiger partial charge on any atom is 0.144 e. The molecule has 130 valence electrons. The SMILES string of the molecule is COc1cc(N=Nc2ccc(Br)cc2)ccc1N1Cc2ccccc2C1. The Kier molecular flexibility index (Phi) is 4.71. The van der Waals surface area contributed by atoms with Crippen molar-refractivity contribution in [1.82, 2.24) is 0 Å². The fourth-order valence-corrected chi connectivity index (χ4v) is 3.38. The molecule has 4 rings (SSSR count). The summed E-state index contributed by atoms with van der Waals surface area (Å²) in [5, 5.41) is 8.62. The van der Waals surface area contributed by atoms with Crippen LogP contribution in [0.25, 0.3) is 0 Å². The van der Waals surface area contributed by atoms with E-state index < -0.39 is 0 Å². The van der Waals surface area contributed by atoms with Gasteiger partial charge in [-0.2, -0.15) is 10.2 Å². The highest BCUT2D eigenvalue weighted by Gasteiger charge is 2.21. The number of benzene rings is 3. The number of anilines is 1. The largest absolute Gasteiger partial charge is 0.495 e. The number of hydrogen-bond acceptors (Lipinski definition) is 4. The van der Waals surface area contributed by atoms with Gasteiger partial charge in [-0.1, -0.05) is 40.2 Å². The Morgan fingerprint density at radius 1 is 0.846 bits per heavy atom. The molecule has 0 spiro atoms. The second-order valence-electron chi connectivity index (χ2n) is 6.16. The molecule has 4 nitrogen and oxygen atoms in total. The Morgan fingerprint density at radius 2 is 1.46 bits per heavy atom. The van der Waals surface area contributed by atoms with Gasteiger partial charge < -0.3 is 9.64 Å². The third-order valence-corrected chi connectivity index (χ3v) is 4.98. The van der Waals surface area contributed by atoms with Gasteiger partial charge in [-0.25, -0.2) is 0 Å². The normalized spacial score (nSPS) is 13.2. The van der Waals surface area contributed by atoms with E-state index in [0.717, 1.165) is 40.4 Å². The van der Waals surface area contributed by atoms with Gasteiger partial charge in [0.15, 0.2) is 0 Å². The lowest BCUT2D eigenvalue weighted by molar-refractivity contribution is 0.414. The summed E-state index contributed by atoms with van der Waals surface area (Å²) in [6.07, 6.45) is 0. The topological polar surface area (TPSA) is 37.2 Å². The van der Waals surface area contributed by atoms with Gasteiger partial charge in [-0.15, -0.1) is 0 Å². The summed E-state index contributed by atoms with van der Waals surface area (Å²) >= 11 is 3.42. The molecule has 26 heavy (non-hydrogen) atoms. The minimum atomic E-state index is 0.769. The van der Waals surface area contributed by atoms with Crippen LogP contribution in [0.15, 0.2) is 81.4 Å². The third kappa shape index (κ3) is 3.48. The van der Waals surface area contributed by atoms with Crippen molar-refractivity contribution in [3.8, 4) is 5.75 Å². The molecule has 0 saturated heterocycles. The zero-order chi connectivity index (χ0) is 17.9. The predicted molar refractivity (Wildman–Crippen MR) is 108 cm³/mol. The Bertz CT molecular complexity index is 929. The maximum atomic E-state index is 5.62. The summed E-state index contributed by atoms with van der Waals surface area (Å²) in [6.45, 7) is 1.79. The van der Waals surface area contributed by atoms with Crippen LogP contribution in [0.4, 0.5) is 17.1 Å². The van der Waals surface area contributed by atoms with E-state index in [1.165, 1.54) is 11.1 Å². The Morgan fingerprint density at radius 3 is 2.12 bits per heavy atom. The highest BCUT2D eigenvalue weighted by atomic mass is 79.9. The van der Waals surface area contributed by atoms with Crippen molar-refractivity contribution in [1.29, 1.82) is 0 Å². The van der Waals surface area contributed by atoms with Crippen LogP contribution in [0.2, 0.25) is 0 Å². The summed E-state index contributed by atoms with van der Waals surface area (Å²) in [5.74, 6) is 0.810. The summed E-state index contributed by atoms with van der Waals surface area (Å²) < 4.78 is 6.64. The zero-order valence-corrected chi connectivity index (χ0v) is 16.0. The van der Waals surface area contributed by atoms with Crippen LogP contribution >= 0.6 is 15.9 Å². The molecule has 1 aliphatic heterocycles. The van der Waals surface area contributed by atoms with E-state index in [2.05, 4.69) is 61.4 Å². The number of ether oxygens (including phenoxy) is 1. The van der Waals surface area contributed by atoms with Gasteiger partial charge >= 0.3 is 0 Å². The van der Waals surface area contributed by atoms with Crippen LogP contribution in [0.5, 0.6) is 5.75 Å². The monoisotopic (exact) mass is 407 g/mol. The van der Waals surface area contributed by atoms with Crippen LogP contribution in [0.1, 0.15) is 11.1 Å². The van der Waals surface area contributed by atoms with Crippen molar-refractivity contribution < 1.29 is 4.74 Å². The summed E-state index contributed by atoms with van der Waals surface area (Å²) in [6, 6.07) is 22.2. The minimum Gasteiger partial charge on any atom is -0.495 e. The number of halogens is 1. The molecule has 0 N–H and O–H groups in total. The molecule has 0 radical (unpaired) electrons. The smallest absolute Gasteiger partial charge is 0.144 e. The first-order valence-electron chi connectivity index (χ1n) is 8.40. The highest BCUT2D eigenvalue weighted by molar-refractivity contribution is 9.10. The summed E-state index contributed by atoms with van der Waals surface area (Å²) in [5.41, 5.74) is 5.39. The Hall–Kier alpha value is -2.66. The number of nitrogens with zero attached hydrogens (tertiary/aromatic N) is 3. The molecule has 0 aliphatic carbocycles. The molecule has 1 aliphatic rings. The molecule has 3 aromatic carbocycles. The molecular formula is C21H18BrN3O. The number of hydrogen-bond donors (Lipinski definition) is 0. The molecule has 0 fully saturated rings. The van der Waals surface area contributed by atoms with E-state index in [1.807, 2.05) is 36.4 Å². The van der Waals surface area contributed by atoms with Crippen molar-refractivity contribution >= 4 is 33.0 Å². The first-order chi connectivity index (χ1) is 12.7. The summed E-state index contributed by atoms with van der Waals surface area (Å²) in [7, 11) is 1.69. The molecule has 1 heterocycles. The Labute approximate surface area is 161 Å². The zero-order valence-electron chi connectivity index (χ0n) is 14.4. The van der Waals surface area contributed by atoms with Gasteiger partial charge in [0.1, 0.15) is 5.75 Å². The Balaban J connectivity index is 1.56. The lowest BCUT2D eigenvalue weighted by Crippen LogP contribution is -2.15. The van der Waals surface area contributed by atoms with Gasteiger partial charge in [0.25, 0.3) is 0 Å². The fraction of sp³-hybridized carbons (Fsp3) is 0.143. The predicted octanol–water partition coefficient (Wildman–Crippen LogP) is 6.39. The first-order valence-corrected chi connectivity index (χ1v) is 9.19. The average molecular weight is 408 g/mol. The van der Waals surface area contributed by atoms with Crippen LogP contribution in [-0.2, 0) is 13.1 Å². The van der Waals surface area contributed by atoms with Crippen LogP contribution in [0, 0.1) is 0 Å². The van der Waals surface area contributed by atoms with Gasteiger partial charge in [0, 0.05) is 23.6 Å². The van der Waals surface area contributed by atoms with E-state index in [4.69, 9.17) is 4.74 Å². The molecule has 0 aromatic heterocycles. The average Bonchev–Trinajstić information content (AvgIpc) is 3.11. The lowest BCUT2D eigenvalue weighted by atomic mass is 10.1. The van der Waals surface area contributed by atoms with Crippen molar-refractivity contribution in [2.24, 2.45) is 10.2 Å². The van der Waals surface area contributed by atoms with Crippen LogP contribution in [-0.4, -0.2) is 7.11 Å². The van der Waals surface area contributed by atoms with Gasteiger partial charge in [0.2, 0.25) is 0 Å². The third-order valence-electron chi connectivity index (χ3n) is 4.45. The van der Waals surface area contributed by atoms with Gasteiger partial charge in [-0.3, -0.25) is 0 Å². The number of rotatable bonds is 4. The fourth-order valence-electron chi connectivity index (χ4n) is 3.12. The molecule has 5 heteroatoms. The second kappa shape index (κ2) is 7.30. The molecule has 0 atom stereocenters. The molecule has 0 saturated carbocycles. The van der Waals surface area contributed by atoms with E-state index in [1.54, 1.807) is 7.11 Å². The highest BCUT2D eigenvalue weighted by Crippen LogP contribution is 2.37. The number of fused-ring (bicyclic) bond motifs is 1. The molecule has 0 bridgehead atoms. The maximum absolute atomic E-state index is 5.62. The minimum absolute atomic E-state index is 0.769. The van der Waals surface area contributed by atoms with Crippen molar-refractivity contribution in [2.75, 3.05) is 12.0 Å². The van der Waals surface area contributed by atoms with Crippen LogP contribution in [0.3, 0.4) is 0 Å². The van der Waals surface area contributed by atoms with E-state index in [-0.39, 0.29) is 0 Å². The number of methoxy groups -OCH3 is 1. The molecule has 3 aromatic rings. The van der Waals surface area contributed by atoms with Gasteiger partial charge in [0.05, 0.1) is 24.2 Å². The van der Waals surface area contributed by atoms with Gasteiger partial charge in [-0.05, 0) is 47.5 Å². The quantitative estimate of drug-likeness (QED) is 0.469. The van der Waals surface area contributed by atoms with E-state index in [9.17, 15) is 0 Å². The molecule has 0 amide bonds. The van der Waals surface area contributed by atoms with E-state index in [0.29, 0.717) is 0 Å². The number of azo groups is 1. The van der Waals surface area contributed by atoms with Crippen molar-refractivity contribution in [3.05, 3.63) is 82.3 Å². The summed E-state index contributed by atoms with van der Waals surface area (Å²) in [4.78, 5) is 2.32. The molecule has 0 unspecified atom stereocenters. The van der Waals surface area contributed by atoms with Crippen molar-refractivity contribution in [2.45, 2.75) is 13.1 Å².